The number of halogens is 4. The van der Waals surface area contributed by atoms with E-state index in [0.717, 1.165) is 6.07 Å². The zero-order chi connectivity index (χ0) is 15.8. The molecule has 2 rings (SSSR count). The fraction of sp³-hybridized carbons (Fsp3) is 0. The van der Waals surface area contributed by atoms with Crippen LogP contribution in [0.5, 0.6) is 0 Å². The smallest absolute Gasteiger partial charge is 0.265 e. The van der Waals surface area contributed by atoms with Gasteiger partial charge in [0.15, 0.2) is 0 Å². The van der Waals surface area contributed by atoms with Gasteiger partial charge in [0.1, 0.15) is 28.2 Å². The van der Waals surface area contributed by atoms with Crippen molar-refractivity contribution in [3.63, 3.8) is 0 Å². The van der Waals surface area contributed by atoms with E-state index in [4.69, 9.17) is 5.73 Å². The van der Waals surface area contributed by atoms with Crippen molar-refractivity contribution < 1.29 is 26.0 Å². The largest absolute Gasteiger partial charge is 0.396 e. The minimum absolute atomic E-state index is 0.370. The van der Waals surface area contributed by atoms with Crippen LogP contribution < -0.4 is 10.5 Å². The summed E-state index contributed by atoms with van der Waals surface area (Å²) in [5.74, 6) is -4.54. The summed E-state index contributed by atoms with van der Waals surface area (Å²) in [4.78, 5) is -1.01. The summed E-state index contributed by atoms with van der Waals surface area (Å²) < 4.78 is 78.4. The molecule has 0 aliphatic heterocycles. The highest BCUT2D eigenvalue weighted by Gasteiger charge is 2.22. The second-order valence-electron chi connectivity index (χ2n) is 4.03. The summed E-state index contributed by atoms with van der Waals surface area (Å²) in [6.07, 6.45) is 0. The van der Waals surface area contributed by atoms with Gasteiger partial charge < -0.3 is 5.73 Å². The molecule has 4 nitrogen and oxygen atoms in total. The summed E-state index contributed by atoms with van der Waals surface area (Å²) in [7, 11) is -4.60. The zero-order valence-electron chi connectivity index (χ0n) is 10.2. The second kappa shape index (κ2) is 5.24. The lowest BCUT2D eigenvalue weighted by Crippen LogP contribution is -2.16. The Morgan fingerprint density at radius 3 is 2.24 bits per heavy atom. The van der Waals surface area contributed by atoms with Crippen molar-refractivity contribution in [1.29, 1.82) is 0 Å². The number of nitrogens with one attached hydrogen (secondary N) is 1. The van der Waals surface area contributed by atoms with Gasteiger partial charge in [0.05, 0.1) is 11.4 Å². The molecule has 3 N–H and O–H groups in total. The second-order valence-corrected chi connectivity index (χ2v) is 5.68. The summed E-state index contributed by atoms with van der Waals surface area (Å²) >= 11 is 0. The van der Waals surface area contributed by atoms with Crippen molar-refractivity contribution in [2.45, 2.75) is 4.90 Å². The SMILES string of the molecule is Nc1cc(NS(=O)(=O)c2cc(F)ccc2F)c(F)cc1F. The molecular weight excluding hydrogens is 312 g/mol. The standard InChI is InChI=1S/C12H8F4N2O2S/c13-6-1-2-7(14)12(3-6)21(19,20)18-11-5-10(17)8(15)4-9(11)16/h1-5,18H,17H2. The molecule has 0 aromatic heterocycles. The normalized spacial score (nSPS) is 11.4. The van der Waals surface area contributed by atoms with Crippen molar-refractivity contribution >= 4 is 21.4 Å². The molecule has 0 bridgehead atoms. The molecule has 0 saturated carbocycles. The minimum Gasteiger partial charge on any atom is -0.396 e. The van der Waals surface area contributed by atoms with Crippen LogP contribution in [0.15, 0.2) is 35.2 Å². The Hall–Kier alpha value is -2.29. The first-order valence-electron chi connectivity index (χ1n) is 5.43. The first-order chi connectivity index (χ1) is 9.70. The molecule has 0 heterocycles. The van der Waals surface area contributed by atoms with E-state index < -0.39 is 49.6 Å². The highest BCUT2D eigenvalue weighted by Crippen LogP contribution is 2.25. The Kier molecular flexibility index (Phi) is 3.77. The van der Waals surface area contributed by atoms with Crippen LogP contribution in [0.25, 0.3) is 0 Å². The van der Waals surface area contributed by atoms with Crippen LogP contribution in [0.3, 0.4) is 0 Å². The van der Waals surface area contributed by atoms with E-state index in [1.165, 1.54) is 0 Å². The molecule has 0 saturated heterocycles. The molecule has 0 unspecified atom stereocenters. The van der Waals surface area contributed by atoms with E-state index in [0.29, 0.717) is 24.3 Å². The topological polar surface area (TPSA) is 72.2 Å². The quantitative estimate of drug-likeness (QED) is 0.674. The predicted octanol–water partition coefficient (Wildman–Crippen LogP) is 2.63. The molecule has 9 heteroatoms. The minimum atomic E-state index is -4.60. The van der Waals surface area contributed by atoms with Gasteiger partial charge in [-0.1, -0.05) is 0 Å². The molecule has 112 valence electrons. The fourth-order valence-corrected chi connectivity index (χ4v) is 2.68. The number of nitrogen functional groups attached to an aromatic ring is 1. The Bertz CT molecular complexity index is 809. The van der Waals surface area contributed by atoms with Crippen molar-refractivity contribution in [2.75, 3.05) is 10.5 Å². The number of rotatable bonds is 3. The molecule has 0 aliphatic carbocycles. The van der Waals surface area contributed by atoms with E-state index >= 15 is 0 Å². The number of hydrogen-bond acceptors (Lipinski definition) is 3. The van der Waals surface area contributed by atoms with Crippen LogP contribution >= 0.6 is 0 Å². The lowest BCUT2D eigenvalue weighted by Gasteiger charge is -2.10. The lowest BCUT2D eigenvalue weighted by molar-refractivity contribution is 0.554. The molecule has 0 amide bonds. The first-order valence-corrected chi connectivity index (χ1v) is 6.91. The number of benzene rings is 2. The summed E-state index contributed by atoms with van der Waals surface area (Å²) in [6, 6.07) is 2.83. The van der Waals surface area contributed by atoms with Crippen molar-refractivity contribution in [1.82, 2.24) is 0 Å². The van der Waals surface area contributed by atoms with E-state index in [9.17, 15) is 26.0 Å². The molecule has 0 atom stereocenters. The number of hydrogen-bond donors (Lipinski definition) is 2. The third-order valence-electron chi connectivity index (χ3n) is 2.51. The molecule has 2 aromatic carbocycles. The van der Waals surface area contributed by atoms with E-state index in [1.54, 1.807) is 4.72 Å². The van der Waals surface area contributed by atoms with Crippen LogP contribution in [-0.4, -0.2) is 8.42 Å². The van der Waals surface area contributed by atoms with E-state index in [2.05, 4.69) is 0 Å². The van der Waals surface area contributed by atoms with Gasteiger partial charge in [0, 0.05) is 6.07 Å². The van der Waals surface area contributed by atoms with Crippen molar-refractivity contribution in [3.05, 3.63) is 53.6 Å². The number of anilines is 2. The Labute approximate surface area is 117 Å². The van der Waals surface area contributed by atoms with Gasteiger partial charge in [-0.05, 0) is 24.3 Å². The van der Waals surface area contributed by atoms with Gasteiger partial charge in [-0.3, -0.25) is 4.72 Å². The Morgan fingerprint density at radius 2 is 1.57 bits per heavy atom. The maximum atomic E-state index is 13.5. The molecular formula is C12H8F4N2O2S. The number of nitrogens with two attached hydrogens (primary N) is 1. The molecule has 0 radical (unpaired) electrons. The van der Waals surface area contributed by atoms with E-state index in [-0.39, 0.29) is 0 Å². The average molecular weight is 320 g/mol. The van der Waals surface area contributed by atoms with Crippen LogP contribution in [-0.2, 0) is 10.0 Å². The third-order valence-corrected chi connectivity index (χ3v) is 3.89. The molecule has 0 spiro atoms. The van der Waals surface area contributed by atoms with Gasteiger partial charge in [-0.25, -0.2) is 26.0 Å². The Balaban J connectivity index is 2.47. The molecule has 21 heavy (non-hydrogen) atoms. The van der Waals surface area contributed by atoms with Crippen LogP contribution in [0.1, 0.15) is 0 Å². The highest BCUT2D eigenvalue weighted by atomic mass is 32.2. The molecule has 0 aliphatic rings. The fourth-order valence-electron chi connectivity index (χ4n) is 1.53. The van der Waals surface area contributed by atoms with E-state index in [1.807, 2.05) is 0 Å². The predicted molar refractivity (Wildman–Crippen MR) is 67.9 cm³/mol. The lowest BCUT2D eigenvalue weighted by atomic mass is 10.2. The maximum absolute atomic E-state index is 13.5. The summed E-state index contributed by atoms with van der Waals surface area (Å²) in [5, 5.41) is 0. The molecule has 0 fully saturated rings. The monoisotopic (exact) mass is 320 g/mol. The maximum Gasteiger partial charge on any atom is 0.265 e. The van der Waals surface area contributed by atoms with Gasteiger partial charge in [-0.2, -0.15) is 0 Å². The Morgan fingerprint density at radius 1 is 0.905 bits per heavy atom. The van der Waals surface area contributed by atoms with Gasteiger partial charge in [0.25, 0.3) is 10.0 Å². The van der Waals surface area contributed by atoms with Crippen LogP contribution in [0.2, 0.25) is 0 Å². The van der Waals surface area contributed by atoms with Gasteiger partial charge in [-0.15, -0.1) is 0 Å². The average Bonchev–Trinajstić information content (AvgIpc) is 2.38. The summed E-state index contributed by atoms with van der Waals surface area (Å²) in [5.41, 5.74) is 4.00. The summed E-state index contributed by atoms with van der Waals surface area (Å²) in [6.45, 7) is 0. The highest BCUT2D eigenvalue weighted by molar-refractivity contribution is 7.92. The molecule has 2 aromatic rings. The van der Waals surface area contributed by atoms with Crippen LogP contribution in [0.4, 0.5) is 28.9 Å². The van der Waals surface area contributed by atoms with Gasteiger partial charge >= 0.3 is 0 Å². The zero-order valence-corrected chi connectivity index (χ0v) is 11.0. The third kappa shape index (κ3) is 3.07. The van der Waals surface area contributed by atoms with Gasteiger partial charge in [0.2, 0.25) is 0 Å². The van der Waals surface area contributed by atoms with Crippen molar-refractivity contribution in [2.24, 2.45) is 0 Å². The van der Waals surface area contributed by atoms with Crippen LogP contribution in [0, 0.1) is 23.3 Å². The first kappa shape index (κ1) is 15.1. The van der Waals surface area contributed by atoms with Crippen molar-refractivity contribution in [3.8, 4) is 0 Å². The number of sulfonamides is 1.